The summed E-state index contributed by atoms with van der Waals surface area (Å²) in [5, 5.41) is 5.71. The number of aromatic nitrogens is 1. The van der Waals surface area contributed by atoms with Crippen molar-refractivity contribution in [2.24, 2.45) is 0 Å². The molecular weight excluding hydrogens is 294 g/mol. The number of methoxy groups -OCH3 is 1. The van der Waals surface area contributed by atoms with Gasteiger partial charge in [0.1, 0.15) is 5.82 Å². The minimum absolute atomic E-state index is 0.292. The van der Waals surface area contributed by atoms with E-state index in [2.05, 4.69) is 22.2 Å². The first-order chi connectivity index (χ1) is 11.2. The molecule has 6 nitrogen and oxygen atoms in total. The van der Waals surface area contributed by atoms with Gasteiger partial charge in [-0.05, 0) is 24.3 Å². The SMILES string of the molecule is C=CCNc1ccc(C(=O)Nc2ccccc2C(=O)OC)cn1. The van der Waals surface area contributed by atoms with Gasteiger partial charge in [0.2, 0.25) is 0 Å². The second-order valence-corrected chi connectivity index (χ2v) is 4.59. The number of esters is 1. The van der Waals surface area contributed by atoms with E-state index < -0.39 is 5.97 Å². The summed E-state index contributed by atoms with van der Waals surface area (Å²) in [6, 6.07) is 9.99. The Morgan fingerprint density at radius 2 is 2.04 bits per heavy atom. The Morgan fingerprint density at radius 3 is 2.70 bits per heavy atom. The average Bonchev–Trinajstić information content (AvgIpc) is 2.60. The van der Waals surface area contributed by atoms with Crippen LogP contribution in [0.4, 0.5) is 11.5 Å². The van der Waals surface area contributed by atoms with Crippen LogP contribution in [0.2, 0.25) is 0 Å². The van der Waals surface area contributed by atoms with E-state index in [4.69, 9.17) is 4.74 Å². The Labute approximate surface area is 134 Å². The van der Waals surface area contributed by atoms with Crippen LogP contribution in [0.1, 0.15) is 20.7 Å². The molecule has 0 bridgehead atoms. The lowest BCUT2D eigenvalue weighted by Crippen LogP contribution is -2.15. The van der Waals surface area contributed by atoms with Crippen LogP contribution in [0.3, 0.4) is 0 Å². The monoisotopic (exact) mass is 311 g/mol. The molecule has 0 radical (unpaired) electrons. The number of anilines is 2. The zero-order chi connectivity index (χ0) is 16.7. The van der Waals surface area contributed by atoms with Gasteiger partial charge >= 0.3 is 5.97 Å². The molecule has 118 valence electrons. The highest BCUT2D eigenvalue weighted by Crippen LogP contribution is 2.17. The van der Waals surface area contributed by atoms with E-state index in [0.717, 1.165) is 0 Å². The summed E-state index contributed by atoms with van der Waals surface area (Å²) in [6.45, 7) is 4.19. The Bertz CT molecular complexity index is 711. The largest absolute Gasteiger partial charge is 0.465 e. The van der Waals surface area contributed by atoms with E-state index in [1.165, 1.54) is 13.3 Å². The van der Waals surface area contributed by atoms with Gasteiger partial charge in [0.25, 0.3) is 5.91 Å². The molecule has 2 rings (SSSR count). The number of ether oxygens (including phenoxy) is 1. The molecule has 0 aliphatic rings. The van der Waals surface area contributed by atoms with E-state index in [1.54, 1.807) is 42.5 Å². The van der Waals surface area contributed by atoms with Gasteiger partial charge in [-0.3, -0.25) is 4.79 Å². The van der Waals surface area contributed by atoms with Gasteiger partial charge in [0.05, 0.1) is 23.9 Å². The molecule has 1 aromatic heterocycles. The molecule has 0 fully saturated rings. The predicted octanol–water partition coefficient (Wildman–Crippen LogP) is 2.72. The Morgan fingerprint density at radius 1 is 1.26 bits per heavy atom. The summed E-state index contributed by atoms with van der Waals surface area (Å²) in [4.78, 5) is 28.1. The smallest absolute Gasteiger partial charge is 0.339 e. The van der Waals surface area contributed by atoms with Crippen LogP contribution in [0, 0.1) is 0 Å². The molecule has 0 atom stereocenters. The maximum Gasteiger partial charge on any atom is 0.339 e. The van der Waals surface area contributed by atoms with Crippen LogP contribution in [0.15, 0.2) is 55.3 Å². The second-order valence-electron chi connectivity index (χ2n) is 4.59. The van der Waals surface area contributed by atoms with Crippen molar-refractivity contribution in [3.63, 3.8) is 0 Å². The van der Waals surface area contributed by atoms with Crippen LogP contribution < -0.4 is 10.6 Å². The van der Waals surface area contributed by atoms with Crippen molar-refractivity contribution in [1.29, 1.82) is 0 Å². The highest BCUT2D eigenvalue weighted by Gasteiger charge is 2.14. The van der Waals surface area contributed by atoms with E-state index in [0.29, 0.717) is 29.2 Å². The van der Waals surface area contributed by atoms with Crippen molar-refractivity contribution in [1.82, 2.24) is 4.98 Å². The molecule has 1 aromatic carbocycles. The van der Waals surface area contributed by atoms with Crippen molar-refractivity contribution < 1.29 is 14.3 Å². The van der Waals surface area contributed by atoms with Gasteiger partial charge in [0.15, 0.2) is 0 Å². The number of amides is 1. The van der Waals surface area contributed by atoms with Crippen molar-refractivity contribution in [2.75, 3.05) is 24.3 Å². The zero-order valence-electron chi connectivity index (χ0n) is 12.7. The molecule has 0 saturated carbocycles. The molecule has 0 saturated heterocycles. The quantitative estimate of drug-likeness (QED) is 0.633. The number of para-hydroxylation sites is 1. The van der Waals surface area contributed by atoms with E-state index in [9.17, 15) is 9.59 Å². The third-order valence-electron chi connectivity index (χ3n) is 3.03. The number of carbonyl (C=O) groups is 2. The molecule has 0 spiro atoms. The number of pyridine rings is 1. The van der Waals surface area contributed by atoms with Crippen LogP contribution in [0.25, 0.3) is 0 Å². The number of rotatable bonds is 6. The topological polar surface area (TPSA) is 80.3 Å². The molecule has 2 aromatic rings. The summed E-state index contributed by atoms with van der Waals surface area (Å²) < 4.78 is 4.70. The van der Waals surface area contributed by atoms with E-state index in [1.807, 2.05) is 0 Å². The molecule has 1 amide bonds. The molecule has 0 aliphatic carbocycles. The number of benzene rings is 1. The third-order valence-corrected chi connectivity index (χ3v) is 3.03. The fraction of sp³-hybridized carbons (Fsp3) is 0.118. The van der Waals surface area contributed by atoms with Gasteiger partial charge in [-0.1, -0.05) is 18.2 Å². The Balaban J connectivity index is 2.13. The highest BCUT2D eigenvalue weighted by molar-refractivity contribution is 6.07. The number of hydrogen-bond donors (Lipinski definition) is 2. The number of hydrogen-bond acceptors (Lipinski definition) is 5. The Kier molecular flexibility index (Phi) is 5.46. The standard InChI is InChI=1S/C17H17N3O3/c1-3-10-18-15-9-8-12(11-19-15)16(21)20-14-7-5-4-6-13(14)17(22)23-2/h3-9,11H,1,10H2,2H3,(H,18,19)(H,20,21). The predicted molar refractivity (Wildman–Crippen MR) is 88.7 cm³/mol. The summed E-state index contributed by atoms with van der Waals surface area (Å²) in [5.74, 6) is -0.219. The van der Waals surface area contributed by atoms with Crippen molar-refractivity contribution in [3.8, 4) is 0 Å². The molecular formula is C17H17N3O3. The van der Waals surface area contributed by atoms with Crippen LogP contribution in [-0.4, -0.2) is 30.5 Å². The normalized spacial score (nSPS) is 9.78. The highest BCUT2D eigenvalue weighted by atomic mass is 16.5. The zero-order valence-corrected chi connectivity index (χ0v) is 12.7. The molecule has 0 aliphatic heterocycles. The van der Waals surface area contributed by atoms with Gasteiger partial charge in [-0.2, -0.15) is 0 Å². The third kappa shape index (κ3) is 4.16. The van der Waals surface area contributed by atoms with E-state index >= 15 is 0 Å². The first-order valence-electron chi connectivity index (χ1n) is 6.95. The van der Waals surface area contributed by atoms with Crippen molar-refractivity contribution >= 4 is 23.4 Å². The van der Waals surface area contributed by atoms with Gasteiger partial charge in [-0.15, -0.1) is 6.58 Å². The van der Waals surface area contributed by atoms with Crippen LogP contribution >= 0.6 is 0 Å². The van der Waals surface area contributed by atoms with Crippen molar-refractivity contribution in [2.45, 2.75) is 0 Å². The summed E-state index contributed by atoms with van der Waals surface area (Å²) >= 11 is 0. The second kappa shape index (κ2) is 7.74. The maximum absolute atomic E-state index is 12.3. The van der Waals surface area contributed by atoms with Crippen LogP contribution in [-0.2, 0) is 4.74 Å². The summed E-state index contributed by atoms with van der Waals surface area (Å²) in [5.41, 5.74) is 1.06. The lowest BCUT2D eigenvalue weighted by atomic mass is 10.1. The first kappa shape index (κ1) is 16.2. The van der Waals surface area contributed by atoms with Gasteiger partial charge in [0, 0.05) is 12.7 Å². The number of carbonyl (C=O) groups excluding carboxylic acids is 2. The van der Waals surface area contributed by atoms with Crippen LogP contribution in [0.5, 0.6) is 0 Å². The molecule has 6 heteroatoms. The average molecular weight is 311 g/mol. The fourth-order valence-corrected chi connectivity index (χ4v) is 1.88. The lowest BCUT2D eigenvalue weighted by Gasteiger charge is -2.10. The number of nitrogens with one attached hydrogen (secondary N) is 2. The molecule has 23 heavy (non-hydrogen) atoms. The number of nitrogens with zero attached hydrogens (tertiary/aromatic N) is 1. The molecule has 1 heterocycles. The minimum atomic E-state index is -0.511. The summed E-state index contributed by atoms with van der Waals surface area (Å²) in [7, 11) is 1.29. The van der Waals surface area contributed by atoms with Crippen molar-refractivity contribution in [3.05, 3.63) is 66.4 Å². The fourth-order valence-electron chi connectivity index (χ4n) is 1.88. The summed E-state index contributed by atoms with van der Waals surface area (Å²) in [6.07, 6.45) is 3.17. The van der Waals surface area contributed by atoms with Gasteiger partial charge in [-0.25, -0.2) is 9.78 Å². The lowest BCUT2D eigenvalue weighted by molar-refractivity contribution is 0.0602. The first-order valence-corrected chi connectivity index (χ1v) is 6.95. The van der Waals surface area contributed by atoms with Gasteiger partial charge < -0.3 is 15.4 Å². The molecule has 0 unspecified atom stereocenters. The maximum atomic E-state index is 12.3. The minimum Gasteiger partial charge on any atom is -0.465 e. The Hall–Kier alpha value is -3.15. The van der Waals surface area contributed by atoms with E-state index in [-0.39, 0.29) is 5.91 Å². The molecule has 2 N–H and O–H groups in total.